The molecule has 0 aliphatic heterocycles. The van der Waals surface area contributed by atoms with Gasteiger partial charge in [0.1, 0.15) is 0 Å². The topological polar surface area (TPSA) is 28.2 Å². The second-order valence-corrected chi connectivity index (χ2v) is 6.68. The Morgan fingerprint density at radius 1 is 1.24 bits per heavy atom. The first-order valence-corrected chi connectivity index (χ1v) is 8.09. The zero-order chi connectivity index (χ0) is 14.8. The quantitative estimate of drug-likeness (QED) is 0.914. The molecular weight excluding hydrogens is 326 g/mol. The maximum atomic E-state index is 4.46. The van der Waals surface area contributed by atoms with E-state index in [0.29, 0.717) is 6.04 Å². The number of benzene rings is 1. The average Bonchev–Trinajstić information content (AvgIpc) is 2.48. The van der Waals surface area contributed by atoms with Crippen molar-refractivity contribution >= 4 is 27.4 Å². The summed E-state index contributed by atoms with van der Waals surface area (Å²) < 4.78 is 1.18. The van der Waals surface area contributed by atoms with Crippen LogP contribution in [0.1, 0.15) is 17.5 Å². The van der Waals surface area contributed by atoms with Gasteiger partial charge in [0.25, 0.3) is 0 Å². The fourth-order valence-corrected chi connectivity index (χ4v) is 3.34. The highest BCUT2D eigenvalue weighted by Gasteiger charge is 2.19. The maximum Gasteiger partial charge on any atom is 0.151 e. The molecule has 1 unspecified atom stereocenters. The van der Waals surface area contributed by atoms with E-state index in [1.165, 1.54) is 15.6 Å². The Hall–Kier alpha value is -1.55. The Bertz CT molecular complexity index is 640. The first-order chi connectivity index (χ1) is 10.1. The predicted molar refractivity (Wildman–Crippen MR) is 92.1 cm³/mol. The average molecular weight is 346 g/mol. The van der Waals surface area contributed by atoms with E-state index >= 15 is 0 Å². The second-order valence-electron chi connectivity index (χ2n) is 5.77. The molecule has 1 heterocycles. The molecule has 1 aromatic heterocycles. The highest BCUT2D eigenvalue weighted by molar-refractivity contribution is 9.10. The van der Waals surface area contributed by atoms with E-state index in [9.17, 15) is 0 Å². The van der Waals surface area contributed by atoms with E-state index in [-0.39, 0.29) is 0 Å². The largest absolute Gasteiger partial charge is 0.379 e. The molecule has 0 radical (unpaired) electrons. The molecule has 1 aromatic carbocycles. The molecule has 0 amide bonds. The van der Waals surface area contributed by atoms with Crippen LogP contribution in [0.25, 0.3) is 0 Å². The number of rotatable bonds is 3. The van der Waals surface area contributed by atoms with Crippen molar-refractivity contribution in [3.05, 3.63) is 52.1 Å². The van der Waals surface area contributed by atoms with Gasteiger partial charge in [-0.05, 0) is 54.7 Å². The van der Waals surface area contributed by atoms with Crippen LogP contribution < -0.4 is 10.2 Å². The number of hydrogen-bond donors (Lipinski definition) is 1. The lowest BCUT2D eigenvalue weighted by Crippen LogP contribution is -2.28. The number of hydrogen-bond acceptors (Lipinski definition) is 3. The zero-order valence-electron chi connectivity index (χ0n) is 12.4. The Morgan fingerprint density at radius 3 is 2.90 bits per heavy atom. The number of halogens is 1. The van der Waals surface area contributed by atoms with Crippen molar-refractivity contribution in [1.82, 2.24) is 4.98 Å². The van der Waals surface area contributed by atoms with Crippen molar-refractivity contribution in [3.8, 4) is 0 Å². The van der Waals surface area contributed by atoms with Crippen LogP contribution in [0, 0.1) is 0 Å². The Morgan fingerprint density at radius 2 is 2.10 bits per heavy atom. The van der Waals surface area contributed by atoms with Crippen LogP contribution in [0.2, 0.25) is 0 Å². The molecule has 1 N–H and O–H groups in total. The van der Waals surface area contributed by atoms with Crippen molar-refractivity contribution in [1.29, 1.82) is 0 Å². The van der Waals surface area contributed by atoms with E-state index in [1.807, 2.05) is 26.4 Å². The number of nitrogens with one attached hydrogen (secondary N) is 1. The van der Waals surface area contributed by atoms with Crippen LogP contribution in [-0.2, 0) is 12.8 Å². The number of anilines is 2. The lowest BCUT2D eigenvalue weighted by atomic mass is 9.88. The number of aryl methyl sites for hydroxylation is 1. The lowest BCUT2D eigenvalue weighted by molar-refractivity contribution is 0.610. The predicted octanol–water partition coefficient (Wildman–Crippen LogP) is 3.88. The van der Waals surface area contributed by atoms with Gasteiger partial charge in [0.15, 0.2) is 5.82 Å². The van der Waals surface area contributed by atoms with E-state index in [4.69, 9.17) is 0 Å². The molecule has 3 rings (SSSR count). The highest BCUT2D eigenvalue weighted by atomic mass is 79.9. The van der Waals surface area contributed by atoms with Crippen LogP contribution in [-0.4, -0.2) is 25.1 Å². The fraction of sp³-hybridized carbons (Fsp3) is 0.353. The summed E-state index contributed by atoms with van der Waals surface area (Å²) in [5.74, 6) is 0.999. The van der Waals surface area contributed by atoms with E-state index in [2.05, 4.69) is 55.4 Å². The van der Waals surface area contributed by atoms with Crippen LogP contribution in [0.4, 0.5) is 11.5 Å². The molecule has 1 aliphatic carbocycles. The van der Waals surface area contributed by atoms with Gasteiger partial charge in [-0.1, -0.05) is 22.0 Å². The van der Waals surface area contributed by atoms with E-state index < -0.39 is 0 Å². The van der Waals surface area contributed by atoms with Gasteiger partial charge in [-0.2, -0.15) is 0 Å². The minimum atomic E-state index is 0.474. The van der Waals surface area contributed by atoms with E-state index in [0.717, 1.165) is 30.8 Å². The number of pyridine rings is 1. The monoisotopic (exact) mass is 345 g/mol. The van der Waals surface area contributed by atoms with Crippen molar-refractivity contribution in [2.24, 2.45) is 0 Å². The molecule has 1 aliphatic rings. The molecule has 0 saturated heterocycles. The van der Waals surface area contributed by atoms with Crippen molar-refractivity contribution < 1.29 is 0 Å². The van der Waals surface area contributed by atoms with Crippen molar-refractivity contribution in [2.45, 2.75) is 25.3 Å². The zero-order valence-corrected chi connectivity index (χ0v) is 14.0. The summed E-state index contributed by atoms with van der Waals surface area (Å²) in [6, 6.07) is 11.2. The molecule has 4 heteroatoms. The standard InChI is InChI=1S/C17H20BrN3/c1-21(2)17-16(4-3-9-19-17)20-15-8-6-12-10-14(18)7-5-13(12)11-15/h3-5,7,9-10,15,20H,6,8,11H2,1-2H3. The van der Waals surface area contributed by atoms with Gasteiger partial charge in [0.2, 0.25) is 0 Å². The fourth-order valence-electron chi connectivity index (χ4n) is 2.93. The molecule has 3 nitrogen and oxygen atoms in total. The van der Waals surface area contributed by atoms with Gasteiger partial charge in [-0.25, -0.2) is 4.98 Å². The van der Waals surface area contributed by atoms with Crippen molar-refractivity contribution in [3.63, 3.8) is 0 Å². The molecule has 2 aromatic rings. The third-order valence-electron chi connectivity index (χ3n) is 3.97. The second kappa shape index (κ2) is 6.06. The summed E-state index contributed by atoms with van der Waals surface area (Å²) in [4.78, 5) is 6.51. The van der Waals surface area contributed by atoms with Crippen LogP contribution in [0.15, 0.2) is 41.0 Å². The highest BCUT2D eigenvalue weighted by Crippen LogP contribution is 2.28. The maximum absolute atomic E-state index is 4.46. The molecule has 0 spiro atoms. The first-order valence-electron chi connectivity index (χ1n) is 7.29. The molecule has 0 fully saturated rings. The lowest BCUT2D eigenvalue weighted by Gasteiger charge is -2.28. The molecule has 110 valence electrons. The molecule has 1 atom stereocenters. The summed E-state index contributed by atoms with van der Waals surface area (Å²) in [6.07, 6.45) is 5.20. The van der Waals surface area contributed by atoms with Crippen LogP contribution in [0.3, 0.4) is 0 Å². The minimum absolute atomic E-state index is 0.474. The van der Waals surface area contributed by atoms with Crippen molar-refractivity contribution in [2.75, 3.05) is 24.3 Å². The number of fused-ring (bicyclic) bond motifs is 1. The molecule has 0 bridgehead atoms. The molecule has 21 heavy (non-hydrogen) atoms. The van der Waals surface area contributed by atoms with Gasteiger partial charge >= 0.3 is 0 Å². The van der Waals surface area contributed by atoms with E-state index in [1.54, 1.807) is 0 Å². The number of aromatic nitrogens is 1. The third kappa shape index (κ3) is 3.21. The Balaban J connectivity index is 1.77. The van der Waals surface area contributed by atoms with Gasteiger partial charge in [0, 0.05) is 30.8 Å². The smallest absolute Gasteiger partial charge is 0.151 e. The van der Waals surface area contributed by atoms with Crippen LogP contribution in [0.5, 0.6) is 0 Å². The Kier molecular flexibility index (Phi) is 4.15. The van der Waals surface area contributed by atoms with Gasteiger partial charge < -0.3 is 10.2 Å². The minimum Gasteiger partial charge on any atom is -0.379 e. The summed E-state index contributed by atoms with van der Waals surface area (Å²) in [5, 5.41) is 3.67. The van der Waals surface area contributed by atoms with Gasteiger partial charge in [-0.3, -0.25) is 0 Å². The Labute approximate surface area is 134 Å². The summed E-state index contributed by atoms with van der Waals surface area (Å²) >= 11 is 3.56. The first kappa shape index (κ1) is 14.4. The van der Waals surface area contributed by atoms with Crippen LogP contribution >= 0.6 is 15.9 Å². The number of nitrogens with zero attached hydrogens (tertiary/aromatic N) is 2. The summed E-state index contributed by atoms with van der Waals surface area (Å²) in [6.45, 7) is 0. The normalized spacial score (nSPS) is 17.2. The molecule has 0 saturated carbocycles. The molecular formula is C17H20BrN3. The van der Waals surface area contributed by atoms with Gasteiger partial charge in [-0.15, -0.1) is 0 Å². The summed E-state index contributed by atoms with van der Waals surface area (Å²) in [5.41, 5.74) is 4.05. The summed E-state index contributed by atoms with van der Waals surface area (Å²) in [7, 11) is 4.06. The van der Waals surface area contributed by atoms with Gasteiger partial charge in [0.05, 0.1) is 5.69 Å². The third-order valence-corrected chi connectivity index (χ3v) is 4.46. The SMILES string of the molecule is CN(C)c1ncccc1NC1CCc2cc(Br)ccc2C1.